The van der Waals surface area contributed by atoms with Gasteiger partial charge in [0.1, 0.15) is 0 Å². The van der Waals surface area contributed by atoms with Crippen LogP contribution in [0.25, 0.3) is 0 Å². The molecule has 154 valence electrons. The van der Waals surface area contributed by atoms with E-state index in [0.29, 0.717) is 18.1 Å². The molecule has 1 amide bonds. The molecule has 1 aliphatic rings. The number of benzene rings is 2. The second-order valence-corrected chi connectivity index (χ2v) is 7.73. The predicted octanol–water partition coefficient (Wildman–Crippen LogP) is 4.24. The largest absolute Gasteiger partial charge is 0.355 e. The minimum absolute atomic E-state index is 0.0591. The van der Waals surface area contributed by atoms with Crippen molar-refractivity contribution >= 4 is 23.2 Å². The molecule has 0 aliphatic carbocycles. The number of hydrogen-bond donors (Lipinski definition) is 2. The third kappa shape index (κ3) is 4.43. The molecule has 2 aromatic carbocycles. The Balaban J connectivity index is 1.48. The third-order valence-electron chi connectivity index (χ3n) is 5.64. The highest BCUT2D eigenvalue weighted by Gasteiger charge is 2.24. The molecule has 4 rings (SSSR count). The second kappa shape index (κ2) is 8.95. The summed E-state index contributed by atoms with van der Waals surface area (Å²) in [5.74, 6) is 0.651. The summed E-state index contributed by atoms with van der Waals surface area (Å²) < 4.78 is 0. The number of piperidine rings is 1. The molecule has 1 unspecified atom stereocenters. The van der Waals surface area contributed by atoms with E-state index in [9.17, 15) is 4.79 Å². The fourth-order valence-corrected chi connectivity index (χ4v) is 3.82. The Bertz CT molecular complexity index is 1020. The highest BCUT2D eigenvalue weighted by atomic mass is 16.1. The van der Waals surface area contributed by atoms with Crippen molar-refractivity contribution in [1.82, 2.24) is 15.3 Å². The topological polar surface area (TPSA) is 70.2 Å². The van der Waals surface area contributed by atoms with Gasteiger partial charge in [0, 0.05) is 37.2 Å². The molecule has 1 aromatic heterocycles. The summed E-state index contributed by atoms with van der Waals surface area (Å²) in [6.45, 7) is 5.79. The average Bonchev–Trinajstić information content (AvgIpc) is 2.78. The van der Waals surface area contributed by atoms with Crippen LogP contribution in [0.15, 0.2) is 60.9 Å². The Hall–Kier alpha value is -3.41. The molecule has 2 N–H and O–H groups in total. The number of amides is 1. The monoisotopic (exact) mass is 401 g/mol. The molecule has 3 aromatic rings. The van der Waals surface area contributed by atoms with Crippen LogP contribution in [0.2, 0.25) is 0 Å². The number of hydrogen-bond acceptors (Lipinski definition) is 5. The van der Waals surface area contributed by atoms with Crippen LogP contribution in [-0.4, -0.2) is 35.0 Å². The summed E-state index contributed by atoms with van der Waals surface area (Å²) in [6.07, 6.45) is 5.44. The van der Waals surface area contributed by atoms with Gasteiger partial charge in [-0.3, -0.25) is 4.79 Å². The molecule has 0 saturated carbocycles. The van der Waals surface area contributed by atoms with Crippen molar-refractivity contribution in [3.8, 4) is 0 Å². The Morgan fingerprint density at radius 1 is 1.00 bits per heavy atom. The van der Waals surface area contributed by atoms with Crippen LogP contribution in [0, 0.1) is 13.8 Å². The SMILES string of the molecule is Cc1cccc(Nc2ccccc2C(=O)NC2CCCN(c3ncccn3)C2)c1C. The molecular formula is C24H27N5O. The number of para-hydroxylation sites is 1. The van der Waals surface area contributed by atoms with Crippen LogP contribution in [0.3, 0.4) is 0 Å². The van der Waals surface area contributed by atoms with Crippen molar-refractivity contribution in [2.45, 2.75) is 32.7 Å². The van der Waals surface area contributed by atoms with Crippen LogP contribution in [0.1, 0.15) is 34.3 Å². The van der Waals surface area contributed by atoms with Crippen LogP contribution in [0.5, 0.6) is 0 Å². The minimum atomic E-state index is -0.0655. The van der Waals surface area contributed by atoms with Gasteiger partial charge in [-0.15, -0.1) is 0 Å². The molecule has 6 heteroatoms. The van der Waals surface area contributed by atoms with Crippen molar-refractivity contribution in [3.63, 3.8) is 0 Å². The molecule has 0 bridgehead atoms. The van der Waals surface area contributed by atoms with E-state index in [0.717, 1.165) is 30.8 Å². The van der Waals surface area contributed by atoms with Crippen molar-refractivity contribution in [2.24, 2.45) is 0 Å². The quantitative estimate of drug-likeness (QED) is 0.669. The summed E-state index contributed by atoms with van der Waals surface area (Å²) in [5, 5.41) is 6.65. The standard InChI is InChI=1S/C24H27N5O/c1-17-8-5-12-21(18(17)2)28-22-11-4-3-10-20(22)23(30)27-19-9-6-15-29(16-19)24-25-13-7-14-26-24/h3-5,7-8,10-14,19,28H,6,9,15-16H2,1-2H3,(H,27,30). The molecule has 1 fully saturated rings. The zero-order valence-corrected chi connectivity index (χ0v) is 17.4. The van der Waals surface area contributed by atoms with Crippen LogP contribution >= 0.6 is 0 Å². The van der Waals surface area contributed by atoms with E-state index in [1.807, 2.05) is 42.5 Å². The number of rotatable bonds is 5. The highest BCUT2D eigenvalue weighted by molar-refractivity contribution is 6.00. The highest BCUT2D eigenvalue weighted by Crippen LogP contribution is 2.25. The lowest BCUT2D eigenvalue weighted by Crippen LogP contribution is -2.48. The first-order valence-electron chi connectivity index (χ1n) is 10.4. The summed E-state index contributed by atoms with van der Waals surface area (Å²) >= 11 is 0. The maximum Gasteiger partial charge on any atom is 0.253 e. The molecule has 30 heavy (non-hydrogen) atoms. The van der Waals surface area contributed by atoms with Crippen molar-refractivity contribution in [1.29, 1.82) is 0 Å². The fraction of sp³-hybridized carbons (Fsp3) is 0.292. The van der Waals surface area contributed by atoms with E-state index in [2.05, 4.69) is 45.4 Å². The first-order valence-corrected chi connectivity index (χ1v) is 10.4. The van der Waals surface area contributed by atoms with E-state index in [1.54, 1.807) is 12.4 Å². The number of nitrogens with one attached hydrogen (secondary N) is 2. The summed E-state index contributed by atoms with van der Waals surface area (Å²) in [4.78, 5) is 23.9. The summed E-state index contributed by atoms with van der Waals surface area (Å²) in [5.41, 5.74) is 4.86. The molecule has 2 heterocycles. The Morgan fingerprint density at radius 2 is 1.77 bits per heavy atom. The number of nitrogens with zero attached hydrogens (tertiary/aromatic N) is 3. The lowest BCUT2D eigenvalue weighted by atomic mass is 10.0. The van der Waals surface area contributed by atoms with Gasteiger partial charge in [0.05, 0.1) is 11.3 Å². The van der Waals surface area contributed by atoms with Gasteiger partial charge in [-0.25, -0.2) is 9.97 Å². The van der Waals surface area contributed by atoms with E-state index in [-0.39, 0.29) is 11.9 Å². The van der Waals surface area contributed by atoms with Crippen LogP contribution < -0.4 is 15.5 Å². The fourth-order valence-electron chi connectivity index (χ4n) is 3.82. The number of anilines is 3. The van der Waals surface area contributed by atoms with Crippen LogP contribution in [0.4, 0.5) is 17.3 Å². The minimum Gasteiger partial charge on any atom is -0.355 e. The molecular weight excluding hydrogens is 374 g/mol. The normalized spacial score (nSPS) is 16.2. The first kappa shape index (κ1) is 19.9. The van der Waals surface area contributed by atoms with Gasteiger partial charge in [-0.05, 0) is 62.1 Å². The molecule has 1 atom stereocenters. The zero-order chi connectivity index (χ0) is 20.9. The lowest BCUT2D eigenvalue weighted by Gasteiger charge is -2.33. The third-order valence-corrected chi connectivity index (χ3v) is 5.64. The van der Waals surface area contributed by atoms with Gasteiger partial charge in [-0.1, -0.05) is 24.3 Å². The second-order valence-electron chi connectivity index (χ2n) is 7.73. The average molecular weight is 402 g/mol. The zero-order valence-electron chi connectivity index (χ0n) is 17.4. The van der Waals surface area contributed by atoms with Gasteiger partial charge >= 0.3 is 0 Å². The maximum absolute atomic E-state index is 13.1. The summed E-state index contributed by atoms with van der Waals surface area (Å²) in [6, 6.07) is 15.7. The molecule has 6 nitrogen and oxygen atoms in total. The molecule has 0 radical (unpaired) electrons. The van der Waals surface area contributed by atoms with Crippen LogP contribution in [-0.2, 0) is 0 Å². The number of aromatic nitrogens is 2. The van der Waals surface area contributed by atoms with E-state index in [1.165, 1.54) is 11.1 Å². The van der Waals surface area contributed by atoms with Gasteiger partial charge in [0.25, 0.3) is 5.91 Å². The smallest absolute Gasteiger partial charge is 0.253 e. The van der Waals surface area contributed by atoms with Crippen molar-refractivity contribution in [3.05, 3.63) is 77.6 Å². The van der Waals surface area contributed by atoms with Crippen molar-refractivity contribution < 1.29 is 4.79 Å². The van der Waals surface area contributed by atoms with E-state index >= 15 is 0 Å². The number of carbonyl (C=O) groups is 1. The van der Waals surface area contributed by atoms with Gasteiger partial charge in [0.15, 0.2) is 0 Å². The first-order chi connectivity index (χ1) is 14.6. The Labute approximate surface area is 177 Å². The summed E-state index contributed by atoms with van der Waals surface area (Å²) in [7, 11) is 0. The van der Waals surface area contributed by atoms with Crippen molar-refractivity contribution in [2.75, 3.05) is 23.3 Å². The number of aryl methyl sites for hydroxylation is 1. The number of carbonyl (C=O) groups excluding carboxylic acids is 1. The van der Waals surface area contributed by atoms with E-state index in [4.69, 9.17) is 0 Å². The molecule has 0 spiro atoms. The van der Waals surface area contributed by atoms with Gasteiger partial charge in [0.2, 0.25) is 5.95 Å². The predicted molar refractivity (Wildman–Crippen MR) is 120 cm³/mol. The van der Waals surface area contributed by atoms with E-state index < -0.39 is 0 Å². The van der Waals surface area contributed by atoms with Gasteiger partial charge in [-0.2, -0.15) is 0 Å². The molecule has 1 saturated heterocycles. The van der Waals surface area contributed by atoms with Gasteiger partial charge < -0.3 is 15.5 Å². The maximum atomic E-state index is 13.1. The lowest BCUT2D eigenvalue weighted by molar-refractivity contribution is 0.0934. The Morgan fingerprint density at radius 3 is 2.60 bits per heavy atom. The Kier molecular flexibility index (Phi) is 5.93. The molecule has 1 aliphatic heterocycles.